The number of sulfone groups is 1. The van der Waals surface area contributed by atoms with Gasteiger partial charge < -0.3 is 10.1 Å². The second-order valence-corrected chi connectivity index (χ2v) is 8.08. The zero-order valence-corrected chi connectivity index (χ0v) is 13.6. The van der Waals surface area contributed by atoms with Crippen LogP contribution in [0.4, 0.5) is 0 Å². The molecule has 0 saturated heterocycles. The molecule has 1 aromatic rings. The lowest BCUT2D eigenvalue weighted by Crippen LogP contribution is -2.41. The number of benzene rings is 1. The number of ether oxygens (including phenoxy) is 1. The predicted octanol–water partition coefficient (Wildman–Crippen LogP) is 1.68. The van der Waals surface area contributed by atoms with Crippen LogP contribution in [-0.4, -0.2) is 38.5 Å². The van der Waals surface area contributed by atoms with Gasteiger partial charge in [-0.05, 0) is 24.8 Å². The van der Waals surface area contributed by atoms with Crippen LogP contribution in [0.2, 0.25) is 0 Å². The summed E-state index contributed by atoms with van der Waals surface area (Å²) in [6.07, 6.45) is 3.97. The summed E-state index contributed by atoms with van der Waals surface area (Å²) in [5.41, 5.74) is 1.11. The van der Waals surface area contributed by atoms with Crippen LogP contribution in [-0.2, 0) is 26.0 Å². The fraction of sp³-hybridized carbons (Fsp3) is 0.562. The van der Waals surface area contributed by atoms with E-state index in [1.54, 1.807) is 0 Å². The largest absolute Gasteiger partial charge is 0.371 e. The molecule has 0 aliphatic heterocycles. The van der Waals surface area contributed by atoms with E-state index in [4.69, 9.17) is 4.74 Å². The Balaban J connectivity index is 1.79. The minimum absolute atomic E-state index is 0.00221. The van der Waals surface area contributed by atoms with Gasteiger partial charge in [-0.2, -0.15) is 0 Å². The molecule has 0 heterocycles. The van der Waals surface area contributed by atoms with E-state index in [0.717, 1.165) is 31.1 Å². The normalized spacial score (nSPS) is 21.7. The Hall–Kier alpha value is -1.40. The Bertz CT molecular complexity index is 585. The topological polar surface area (TPSA) is 72.5 Å². The molecule has 0 unspecified atom stereocenters. The molecule has 0 aromatic heterocycles. The first-order chi connectivity index (χ1) is 10.4. The molecular formula is C16H23NO4S. The number of carbonyl (C=O) groups is 1. The molecule has 1 aliphatic carbocycles. The Morgan fingerprint density at radius 1 is 1.27 bits per heavy atom. The molecule has 122 valence electrons. The van der Waals surface area contributed by atoms with E-state index in [1.807, 2.05) is 30.3 Å². The SMILES string of the molecule is CS(=O)(=O)CCC(=O)N[C@@H]1CCC[C@H]1OCc1ccccc1. The summed E-state index contributed by atoms with van der Waals surface area (Å²) in [6.45, 7) is 0.529. The standard InChI is InChI=1S/C16H23NO4S/c1-22(19,20)11-10-16(18)17-14-8-5-9-15(14)21-12-13-6-3-2-4-7-13/h2-4,6-7,14-15H,5,8-12H2,1H3,(H,17,18)/t14-,15-/m1/s1. The van der Waals surface area contributed by atoms with Gasteiger partial charge in [-0.1, -0.05) is 30.3 Å². The van der Waals surface area contributed by atoms with Gasteiger partial charge in [0.05, 0.1) is 24.5 Å². The highest BCUT2D eigenvalue weighted by Crippen LogP contribution is 2.23. The van der Waals surface area contributed by atoms with Gasteiger partial charge in [0.15, 0.2) is 0 Å². The van der Waals surface area contributed by atoms with Crippen molar-refractivity contribution in [3.05, 3.63) is 35.9 Å². The number of carbonyl (C=O) groups excluding carboxylic acids is 1. The second-order valence-electron chi connectivity index (χ2n) is 5.82. The van der Waals surface area contributed by atoms with Crippen molar-refractivity contribution < 1.29 is 17.9 Å². The van der Waals surface area contributed by atoms with Crippen molar-refractivity contribution in [3.63, 3.8) is 0 Å². The number of rotatable bonds is 7. The van der Waals surface area contributed by atoms with Crippen LogP contribution in [0.25, 0.3) is 0 Å². The molecule has 2 atom stereocenters. The smallest absolute Gasteiger partial charge is 0.221 e. The van der Waals surface area contributed by atoms with Gasteiger partial charge in [0.2, 0.25) is 5.91 Å². The van der Waals surface area contributed by atoms with E-state index in [0.29, 0.717) is 6.61 Å². The van der Waals surface area contributed by atoms with Gasteiger partial charge in [-0.25, -0.2) is 8.42 Å². The molecule has 1 aliphatic rings. The average molecular weight is 325 g/mol. The van der Waals surface area contributed by atoms with E-state index < -0.39 is 9.84 Å². The molecule has 1 aromatic carbocycles. The van der Waals surface area contributed by atoms with Crippen LogP contribution in [0.3, 0.4) is 0 Å². The van der Waals surface area contributed by atoms with Gasteiger partial charge in [-0.15, -0.1) is 0 Å². The number of hydrogen-bond acceptors (Lipinski definition) is 4. The van der Waals surface area contributed by atoms with E-state index in [2.05, 4.69) is 5.32 Å². The fourth-order valence-corrected chi connectivity index (χ4v) is 3.18. The lowest BCUT2D eigenvalue weighted by molar-refractivity contribution is -0.122. The van der Waals surface area contributed by atoms with Gasteiger partial charge in [0, 0.05) is 12.7 Å². The van der Waals surface area contributed by atoms with Crippen LogP contribution in [0, 0.1) is 0 Å². The lowest BCUT2D eigenvalue weighted by atomic mass is 10.2. The number of amides is 1. The van der Waals surface area contributed by atoms with Crippen molar-refractivity contribution in [3.8, 4) is 0 Å². The molecule has 2 rings (SSSR count). The zero-order valence-electron chi connectivity index (χ0n) is 12.8. The van der Waals surface area contributed by atoms with Gasteiger partial charge >= 0.3 is 0 Å². The minimum atomic E-state index is -3.10. The summed E-state index contributed by atoms with van der Waals surface area (Å²) in [4.78, 5) is 11.8. The van der Waals surface area contributed by atoms with Crippen molar-refractivity contribution in [2.75, 3.05) is 12.0 Å². The minimum Gasteiger partial charge on any atom is -0.371 e. The summed E-state index contributed by atoms with van der Waals surface area (Å²) in [5.74, 6) is -0.327. The van der Waals surface area contributed by atoms with E-state index >= 15 is 0 Å². The van der Waals surface area contributed by atoms with Gasteiger partial charge in [0.1, 0.15) is 9.84 Å². The molecule has 22 heavy (non-hydrogen) atoms. The van der Waals surface area contributed by atoms with Crippen molar-refractivity contribution >= 4 is 15.7 Å². The molecule has 1 saturated carbocycles. The molecule has 6 heteroatoms. The number of nitrogens with one attached hydrogen (secondary N) is 1. The summed E-state index contributed by atoms with van der Waals surface area (Å²) >= 11 is 0. The highest BCUT2D eigenvalue weighted by Gasteiger charge is 2.29. The van der Waals surface area contributed by atoms with Gasteiger partial charge in [0.25, 0.3) is 0 Å². The molecule has 1 amide bonds. The van der Waals surface area contributed by atoms with E-state index in [9.17, 15) is 13.2 Å². The fourth-order valence-electron chi connectivity index (χ4n) is 2.63. The van der Waals surface area contributed by atoms with E-state index in [-0.39, 0.29) is 30.2 Å². The first-order valence-electron chi connectivity index (χ1n) is 7.57. The van der Waals surface area contributed by atoms with Crippen LogP contribution < -0.4 is 5.32 Å². The summed E-state index contributed by atoms with van der Waals surface area (Å²) < 4.78 is 28.1. The highest BCUT2D eigenvalue weighted by atomic mass is 32.2. The average Bonchev–Trinajstić information content (AvgIpc) is 2.90. The van der Waals surface area contributed by atoms with Gasteiger partial charge in [-0.3, -0.25) is 4.79 Å². The molecule has 0 spiro atoms. The predicted molar refractivity (Wildman–Crippen MR) is 85.1 cm³/mol. The third-order valence-corrected chi connectivity index (χ3v) is 4.75. The maximum absolute atomic E-state index is 11.8. The van der Waals surface area contributed by atoms with Crippen molar-refractivity contribution in [2.45, 2.75) is 44.4 Å². The maximum atomic E-state index is 11.8. The number of hydrogen-bond donors (Lipinski definition) is 1. The first kappa shape index (κ1) is 17.0. The first-order valence-corrected chi connectivity index (χ1v) is 9.63. The molecule has 5 nitrogen and oxygen atoms in total. The summed E-state index contributed by atoms with van der Waals surface area (Å²) in [5, 5.41) is 2.91. The molecular weight excluding hydrogens is 302 g/mol. The van der Waals surface area contributed by atoms with Crippen molar-refractivity contribution in [2.24, 2.45) is 0 Å². The summed E-state index contributed by atoms with van der Waals surface area (Å²) in [7, 11) is -3.10. The Kier molecular flexibility index (Phi) is 5.97. The monoisotopic (exact) mass is 325 g/mol. The Morgan fingerprint density at radius 3 is 2.68 bits per heavy atom. The molecule has 1 N–H and O–H groups in total. The van der Waals surface area contributed by atoms with Crippen LogP contribution in [0.15, 0.2) is 30.3 Å². The molecule has 1 fully saturated rings. The molecule has 0 radical (unpaired) electrons. The third kappa shape index (κ3) is 5.77. The summed E-state index contributed by atoms with van der Waals surface area (Å²) in [6, 6.07) is 9.90. The van der Waals surface area contributed by atoms with Crippen LogP contribution in [0.1, 0.15) is 31.2 Å². The van der Waals surface area contributed by atoms with Crippen LogP contribution >= 0.6 is 0 Å². The Morgan fingerprint density at radius 2 is 2.00 bits per heavy atom. The second kappa shape index (κ2) is 7.74. The van der Waals surface area contributed by atoms with Crippen molar-refractivity contribution in [1.82, 2.24) is 5.32 Å². The highest BCUT2D eigenvalue weighted by molar-refractivity contribution is 7.90. The molecule has 0 bridgehead atoms. The third-order valence-electron chi connectivity index (χ3n) is 3.81. The van der Waals surface area contributed by atoms with E-state index in [1.165, 1.54) is 0 Å². The maximum Gasteiger partial charge on any atom is 0.221 e. The quantitative estimate of drug-likeness (QED) is 0.828. The van der Waals surface area contributed by atoms with Crippen molar-refractivity contribution in [1.29, 1.82) is 0 Å². The Labute approximate surface area is 132 Å². The van der Waals surface area contributed by atoms with Crippen LogP contribution in [0.5, 0.6) is 0 Å². The zero-order chi connectivity index (χ0) is 16.0. The lowest BCUT2D eigenvalue weighted by Gasteiger charge is -2.21.